The van der Waals surface area contributed by atoms with Crippen LogP contribution < -0.4 is 5.32 Å². The van der Waals surface area contributed by atoms with Gasteiger partial charge in [-0.15, -0.1) is 0 Å². The van der Waals surface area contributed by atoms with Crippen LogP contribution in [0.15, 0.2) is 72.9 Å². The van der Waals surface area contributed by atoms with Gasteiger partial charge in [0.1, 0.15) is 0 Å². The third-order valence-electron chi connectivity index (χ3n) is 4.36. The second-order valence-electron chi connectivity index (χ2n) is 5.88. The van der Waals surface area contributed by atoms with Crippen LogP contribution in [0.25, 0.3) is 5.69 Å². The molecule has 4 nitrogen and oxygen atoms in total. The van der Waals surface area contributed by atoms with E-state index in [4.69, 9.17) is 0 Å². The zero-order chi connectivity index (χ0) is 15.7. The van der Waals surface area contributed by atoms with Gasteiger partial charge in [0, 0.05) is 12.3 Å². The number of anilines is 1. The van der Waals surface area contributed by atoms with Crippen molar-refractivity contribution in [2.45, 2.75) is 18.3 Å². The molecule has 1 N–H and O–H groups in total. The number of carbonyl (C=O) groups excluding carboxylic acids is 1. The molecule has 0 spiro atoms. The van der Waals surface area contributed by atoms with Gasteiger partial charge >= 0.3 is 0 Å². The molecule has 1 fully saturated rings. The van der Waals surface area contributed by atoms with Crippen LogP contribution in [0.4, 0.5) is 5.82 Å². The van der Waals surface area contributed by atoms with Crippen molar-refractivity contribution < 1.29 is 4.79 Å². The minimum absolute atomic E-state index is 0.0296. The standard InChI is InChI=1S/C19H17N3O/c23-18(19(12-13-19)15-7-3-1-4-8-15)20-17-11-14-22(21-17)16-9-5-2-6-10-16/h1-11,14H,12-13H2,(H,20,21,23). The molecule has 2 aromatic carbocycles. The second-order valence-corrected chi connectivity index (χ2v) is 5.88. The summed E-state index contributed by atoms with van der Waals surface area (Å²) in [5.74, 6) is 0.614. The van der Waals surface area contributed by atoms with Crippen molar-refractivity contribution in [2.24, 2.45) is 0 Å². The molecule has 0 saturated heterocycles. The summed E-state index contributed by atoms with van der Waals surface area (Å²) < 4.78 is 1.76. The Morgan fingerprint density at radius 2 is 1.61 bits per heavy atom. The van der Waals surface area contributed by atoms with Gasteiger partial charge in [0.15, 0.2) is 5.82 Å². The first kappa shape index (κ1) is 13.8. The van der Waals surface area contributed by atoms with E-state index in [0.717, 1.165) is 24.1 Å². The van der Waals surface area contributed by atoms with Crippen molar-refractivity contribution in [2.75, 3.05) is 5.32 Å². The molecule has 0 bridgehead atoms. The highest BCUT2D eigenvalue weighted by atomic mass is 16.2. The molecule has 0 radical (unpaired) electrons. The fourth-order valence-corrected chi connectivity index (χ4v) is 2.88. The Kier molecular flexibility index (Phi) is 3.23. The van der Waals surface area contributed by atoms with Gasteiger partial charge < -0.3 is 5.32 Å². The van der Waals surface area contributed by atoms with Gasteiger partial charge in [-0.3, -0.25) is 4.79 Å². The molecule has 0 atom stereocenters. The van der Waals surface area contributed by atoms with Crippen LogP contribution in [0.5, 0.6) is 0 Å². The van der Waals surface area contributed by atoms with Crippen LogP contribution in [0.2, 0.25) is 0 Å². The molecule has 1 aliphatic carbocycles. The van der Waals surface area contributed by atoms with Crippen molar-refractivity contribution in [3.63, 3.8) is 0 Å². The number of rotatable bonds is 4. The topological polar surface area (TPSA) is 46.9 Å². The molecular weight excluding hydrogens is 286 g/mol. The highest BCUT2D eigenvalue weighted by Crippen LogP contribution is 2.48. The van der Waals surface area contributed by atoms with E-state index in [1.165, 1.54) is 0 Å². The minimum Gasteiger partial charge on any atom is -0.308 e. The number of para-hydroxylation sites is 1. The molecule has 1 amide bonds. The number of aromatic nitrogens is 2. The van der Waals surface area contributed by atoms with Gasteiger partial charge in [-0.05, 0) is 30.5 Å². The van der Waals surface area contributed by atoms with Crippen LogP contribution in [0, 0.1) is 0 Å². The molecule has 1 heterocycles. The zero-order valence-corrected chi connectivity index (χ0v) is 12.6. The third kappa shape index (κ3) is 2.52. The normalized spacial score (nSPS) is 15.1. The highest BCUT2D eigenvalue weighted by Gasteiger charge is 2.51. The van der Waals surface area contributed by atoms with E-state index in [1.54, 1.807) is 4.68 Å². The molecule has 114 valence electrons. The predicted molar refractivity (Wildman–Crippen MR) is 89.5 cm³/mol. The summed E-state index contributed by atoms with van der Waals surface area (Å²) >= 11 is 0. The van der Waals surface area contributed by atoms with Crippen LogP contribution in [0.3, 0.4) is 0 Å². The molecule has 4 heteroatoms. The summed E-state index contributed by atoms with van der Waals surface area (Å²) in [6.07, 6.45) is 3.64. The van der Waals surface area contributed by atoms with E-state index in [9.17, 15) is 4.79 Å². The van der Waals surface area contributed by atoms with Gasteiger partial charge in [-0.2, -0.15) is 5.10 Å². The number of nitrogens with one attached hydrogen (secondary N) is 1. The summed E-state index contributed by atoms with van der Waals surface area (Å²) in [6, 6.07) is 21.6. The first-order chi connectivity index (χ1) is 11.3. The molecule has 0 aliphatic heterocycles. The van der Waals surface area contributed by atoms with Crippen molar-refractivity contribution in [3.8, 4) is 5.69 Å². The van der Waals surface area contributed by atoms with Crippen molar-refractivity contribution >= 4 is 11.7 Å². The van der Waals surface area contributed by atoms with E-state index >= 15 is 0 Å². The van der Waals surface area contributed by atoms with Crippen molar-refractivity contribution in [1.82, 2.24) is 9.78 Å². The molecule has 23 heavy (non-hydrogen) atoms. The number of hydrogen-bond donors (Lipinski definition) is 1. The molecular formula is C19H17N3O. The van der Waals surface area contributed by atoms with Gasteiger partial charge in [0.25, 0.3) is 0 Å². The average molecular weight is 303 g/mol. The maximum atomic E-state index is 12.7. The van der Waals surface area contributed by atoms with Crippen molar-refractivity contribution in [1.29, 1.82) is 0 Å². The Hall–Kier alpha value is -2.88. The lowest BCUT2D eigenvalue weighted by molar-refractivity contribution is -0.118. The van der Waals surface area contributed by atoms with Crippen LogP contribution >= 0.6 is 0 Å². The molecule has 1 aromatic heterocycles. The summed E-state index contributed by atoms with van der Waals surface area (Å²) in [4.78, 5) is 12.7. The Morgan fingerprint density at radius 3 is 2.26 bits per heavy atom. The molecule has 4 rings (SSSR count). The number of benzene rings is 2. The lowest BCUT2D eigenvalue weighted by atomic mass is 9.95. The maximum absolute atomic E-state index is 12.7. The monoisotopic (exact) mass is 303 g/mol. The second kappa shape index (κ2) is 5.39. The highest BCUT2D eigenvalue weighted by molar-refractivity contribution is 6.00. The maximum Gasteiger partial charge on any atom is 0.236 e. The molecule has 1 saturated carbocycles. The largest absolute Gasteiger partial charge is 0.308 e. The SMILES string of the molecule is O=C(Nc1ccn(-c2ccccc2)n1)C1(c2ccccc2)CC1. The Labute approximate surface area is 134 Å². The minimum atomic E-state index is -0.377. The summed E-state index contributed by atoms with van der Waals surface area (Å²) in [6.45, 7) is 0. The fraction of sp³-hybridized carbons (Fsp3) is 0.158. The lowest BCUT2D eigenvalue weighted by Crippen LogP contribution is -2.28. The fourth-order valence-electron chi connectivity index (χ4n) is 2.88. The number of hydrogen-bond acceptors (Lipinski definition) is 2. The van der Waals surface area contributed by atoms with Crippen LogP contribution in [0.1, 0.15) is 18.4 Å². The average Bonchev–Trinajstić information content (AvgIpc) is 3.30. The summed E-state index contributed by atoms with van der Waals surface area (Å²) in [7, 11) is 0. The third-order valence-corrected chi connectivity index (χ3v) is 4.36. The molecule has 1 aliphatic rings. The first-order valence-corrected chi connectivity index (χ1v) is 7.76. The smallest absolute Gasteiger partial charge is 0.236 e. The zero-order valence-electron chi connectivity index (χ0n) is 12.6. The summed E-state index contributed by atoms with van der Waals surface area (Å²) in [5.41, 5.74) is 1.68. The quantitative estimate of drug-likeness (QED) is 0.801. The summed E-state index contributed by atoms with van der Waals surface area (Å²) in [5, 5.41) is 7.40. The van der Waals surface area contributed by atoms with Gasteiger partial charge in [-0.1, -0.05) is 48.5 Å². The van der Waals surface area contributed by atoms with E-state index in [2.05, 4.69) is 10.4 Å². The van der Waals surface area contributed by atoms with Crippen molar-refractivity contribution in [3.05, 3.63) is 78.5 Å². The van der Waals surface area contributed by atoms with Gasteiger partial charge in [-0.25, -0.2) is 4.68 Å². The van der Waals surface area contributed by atoms with Gasteiger partial charge in [0.2, 0.25) is 5.91 Å². The molecule has 0 unspecified atom stereocenters. The Bertz CT molecular complexity index is 820. The number of carbonyl (C=O) groups is 1. The lowest BCUT2D eigenvalue weighted by Gasteiger charge is -2.14. The number of amides is 1. The molecule has 3 aromatic rings. The van der Waals surface area contributed by atoms with Crippen LogP contribution in [-0.4, -0.2) is 15.7 Å². The Morgan fingerprint density at radius 1 is 0.957 bits per heavy atom. The van der Waals surface area contributed by atoms with Crippen LogP contribution in [-0.2, 0) is 10.2 Å². The van der Waals surface area contributed by atoms with E-state index in [0.29, 0.717) is 5.82 Å². The predicted octanol–water partition coefficient (Wildman–Crippen LogP) is 3.54. The number of nitrogens with zero attached hydrogens (tertiary/aromatic N) is 2. The van der Waals surface area contributed by atoms with Gasteiger partial charge in [0.05, 0.1) is 11.1 Å². The van der Waals surface area contributed by atoms with E-state index < -0.39 is 0 Å². The van der Waals surface area contributed by atoms with E-state index in [-0.39, 0.29) is 11.3 Å². The van der Waals surface area contributed by atoms with E-state index in [1.807, 2.05) is 72.9 Å². The first-order valence-electron chi connectivity index (χ1n) is 7.76. The Balaban J connectivity index is 1.53.